The number of anilines is 1. The molecule has 1 aromatic heterocycles. The lowest BCUT2D eigenvalue weighted by atomic mass is 9.73. The number of nitrogens with one attached hydrogen (secondary N) is 1. The molecule has 0 bridgehead atoms. The summed E-state index contributed by atoms with van der Waals surface area (Å²) in [4.78, 5) is 33.0. The average molecular weight is 703 g/mol. The Morgan fingerprint density at radius 3 is 2.64 bits per heavy atom. The molecule has 5 rings (SSSR count). The number of amides is 1. The molecule has 1 amide bonds. The molecule has 2 heterocycles. The molecular weight excluding hydrogens is 666 g/mol. The van der Waals surface area contributed by atoms with E-state index in [0.717, 1.165) is 16.8 Å². The second kappa shape index (κ2) is 13.5. The smallest absolute Gasteiger partial charge is 0.260 e. The van der Waals surface area contributed by atoms with Crippen molar-refractivity contribution in [2.24, 2.45) is 5.41 Å². The molecule has 234 valence electrons. The SMILES string of the molecule is CCOc1cc(C2C3=C(CC(C)(C)CC3=O)Nc3nc(SCc4ccccc4Cl)nn32)cc(Br)c1OCC(=O)N(CC)CC. The number of carbonyl (C=O) groups excluding carboxylic acids is 2. The Morgan fingerprint density at radius 2 is 1.93 bits per heavy atom. The zero-order valence-electron chi connectivity index (χ0n) is 25.6. The number of fused-ring (bicyclic) bond motifs is 1. The molecule has 9 nitrogen and oxygen atoms in total. The first-order valence-corrected chi connectivity index (χ1v) is 16.9. The van der Waals surface area contributed by atoms with Gasteiger partial charge in [0.15, 0.2) is 23.9 Å². The largest absolute Gasteiger partial charge is 0.490 e. The van der Waals surface area contributed by atoms with Gasteiger partial charge < -0.3 is 19.7 Å². The molecule has 0 fully saturated rings. The second-order valence-electron chi connectivity index (χ2n) is 11.5. The number of nitrogens with zero attached hydrogens (tertiary/aromatic N) is 4. The van der Waals surface area contributed by atoms with Gasteiger partial charge in [0, 0.05) is 41.6 Å². The van der Waals surface area contributed by atoms with Gasteiger partial charge in [-0.2, -0.15) is 4.98 Å². The summed E-state index contributed by atoms with van der Waals surface area (Å²) in [6, 6.07) is 11.0. The predicted molar refractivity (Wildman–Crippen MR) is 177 cm³/mol. The van der Waals surface area contributed by atoms with Crippen LogP contribution in [0.4, 0.5) is 5.95 Å². The van der Waals surface area contributed by atoms with Crippen molar-refractivity contribution < 1.29 is 19.1 Å². The van der Waals surface area contributed by atoms with E-state index in [-0.39, 0.29) is 23.7 Å². The molecule has 0 saturated heterocycles. The Hall–Kier alpha value is -3.02. The van der Waals surface area contributed by atoms with Crippen LogP contribution in [0.25, 0.3) is 0 Å². The lowest BCUT2D eigenvalue weighted by Crippen LogP contribution is -2.36. The second-order valence-corrected chi connectivity index (χ2v) is 13.7. The molecule has 3 aromatic rings. The average Bonchev–Trinajstić information content (AvgIpc) is 3.37. The maximum atomic E-state index is 13.8. The molecule has 0 spiro atoms. The molecule has 1 unspecified atom stereocenters. The lowest BCUT2D eigenvalue weighted by molar-refractivity contribution is -0.133. The number of rotatable bonds is 11. The van der Waals surface area contributed by atoms with Crippen molar-refractivity contribution in [1.29, 1.82) is 0 Å². The fourth-order valence-corrected chi connectivity index (χ4v) is 7.36. The van der Waals surface area contributed by atoms with Gasteiger partial charge in [0.2, 0.25) is 11.1 Å². The minimum absolute atomic E-state index is 0.0689. The van der Waals surface area contributed by atoms with E-state index in [1.165, 1.54) is 11.8 Å². The van der Waals surface area contributed by atoms with E-state index < -0.39 is 6.04 Å². The Morgan fingerprint density at radius 1 is 1.18 bits per heavy atom. The van der Waals surface area contributed by atoms with E-state index in [1.807, 2.05) is 57.2 Å². The third-order valence-corrected chi connectivity index (χ3v) is 9.57. The van der Waals surface area contributed by atoms with E-state index in [1.54, 1.807) is 9.58 Å². The van der Waals surface area contributed by atoms with Crippen LogP contribution in [-0.4, -0.2) is 57.7 Å². The Labute approximate surface area is 275 Å². The van der Waals surface area contributed by atoms with Gasteiger partial charge in [0.25, 0.3) is 5.91 Å². The Kier molecular flexibility index (Phi) is 9.96. The van der Waals surface area contributed by atoms with Gasteiger partial charge >= 0.3 is 0 Å². The monoisotopic (exact) mass is 701 g/mol. The first-order valence-electron chi connectivity index (χ1n) is 14.8. The third kappa shape index (κ3) is 6.79. The number of Topliss-reactive ketones (excluding diaryl/α,β-unsaturated/α-hetero) is 1. The van der Waals surface area contributed by atoms with E-state index >= 15 is 0 Å². The summed E-state index contributed by atoms with van der Waals surface area (Å²) in [5, 5.41) is 9.58. The summed E-state index contributed by atoms with van der Waals surface area (Å²) in [5.74, 6) is 2.05. The van der Waals surface area contributed by atoms with Crippen LogP contribution in [0.15, 0.2) is 57.3 Å². The molecule has 12 heteroatoms. The maximum absolute atomic E-state index is 13.8. The van der Waals surface area contributed by atoms with Gasteiger partial charge in [0.05, 0.1) is 11.1 Å². The summed E-state index contributed by atoms with van der Waals surface area (Å²) >= 11 is 11.5. The van der Waals surface area contributed by atoms with Crippen LogP contribution < -0.4 is 14.8 Å². The van der Waals surface area contributed by atoms with Crippen LogP contribution in [0.5, 0.6) is 11.5 Å². The zero-order chi connectivity index (χ0) is 31.6. The van der Waals surface area contributed by atoms with Crippen LogP contribution in [0.3, 0.4) is 0 Å². The van der Waals surface area contributed by atoms with Gasteiger partial charge in [-0.25, -0.2) is 4.68 Å². The fourth-order valence-electron chi connectivity index (χ4n) is 5.67. The molecule has 1 aliphatic carbocycles. The Balaban J connectivity index is 1.54. The van der Waals surface area contributed by atoms with Crippen molar-refractivity contribution in [3.05, 3.63) is 68.3 Å². The summed E-state index contributed by atoms with van der Waals surface area (Å²) in [6.45, 7) is 11.5. The van der Waals surface area contributed by atoms with Crippen LogP contribution >= 0.6 is 39.3 Å². The summed E-state index contributed by atoms with van der Waals surface area (Å²) < 4.78 is 14.4. The number of ether oxygens (including phenoxy) is 2. The first-order chi connectivity index (χ1) is 21.0. The minimum atomic E-state index is -0.533. The number of thioether (sulfide) groups is 1. The van der Waals surface area contributed by atoms with Crippen molar-refractivity contribution >= 4 is 56.9 Å². The number of hydrogen-bond acceptors (Lipinski definition) is 8. The van der Waals surface area contributed by atoms with Crippen molar-refractivity contribution in [2.45, 2.75) is 64.4 Å². The number of halogens is 2. The maximum Gasteiger partial charge on any atom is 0.260 e. The zero-order valence-corrected chi connectivity index (χ0v) is 28.7. The molecule has 0 saturated carbocycles. The van der Waals surface area contributed by atoms with Gasteiger partial charge in [-0.1, -0.05) is 55.4 Å². The van der Waals surface area contributed by atoms with Gasteiger partial charge in [-0.05, 0) is 77.9 Å². The summed E-state index contributed by atoms with van der Waals surface area (Å²) in [6.07, 6.45) is 1.13. The lowest BCUT2D eigenvalue weighted by Gasteiger charge is -2.38. The van der Waals surface area contributed by atoms with E-state index in [4.69, 9.17) is 31.2 Å². The molecule has 1 aliphatic heterocycles. The van der Waals surface area contributed by atoms with Crippen LogP contribution in [0, 0.1) is 5.41 Å². The topological polar surface area (TPSA) is 98.6 Å². The van der Waals surface area contributed by atoms with Crippen molar-refractivity contribution in [3.63, 3.8) is 0 Å². The number of aromatic nitrogens is 3. The number of allylic oxidation sites excluding steroid dienone is 2. The van der Waals surface area contributed by atoms with Crippen molar-refractivity contribution in [2.75, 3.05) is 31.6 Å². The predicted octanol–water partition coefficient (Wildman–Crippen LogP) is 7.29. The standard InChI is InChI=1S/C32H37BrClN5O4S/c1-6-38(7-2)26(41)17-43-29-21(33)13-20(14-25(29)42-8-3)28-27-23(15-32(4,5)16-24(27)40)35-30-36-31(37-39(28)30)44-18-19-11-9-10-12-22(19)34/h9-14,28H,6-8,15-18H2,1-5H3,(H,35,36,37). The van der Waals surface area contributed by atoms with Crippen molar-refractivity contribution in [1.82, 2.24) is 19.7 Å². The number of likely N-dealkylation sites (N-methyl/N-ethyl adjacent to an activating group) is 1. The summed E-state index contributed by atoms with van der Waals surface area (Å²) in [7, 11) is 0. The third-order valence-electron chi connectivity index (χ3n) is 7.73. The molecule has 2 aliphatic rings. The highest BCUT2D eigenvalue weighted by Crippen LogP contribution is 2.48. The molecule has 2 aromatic carbocycles. The molecule has 1 N–H and O–H groups in total. The van der Waals surface area contributed by atoms with E-state index in [9.17, 15) is 9.59 Å². The molecular formula is C32H37BrClN5O4S. The van der Waals surface area contributed by atoms with E-state index in [0.29, 0.717) is 76.0 Å². The molecule has 44 heavy (non-hydrogen) atoms. The van der Waals surface area contributed by atoms with Gasteiger partial charge in [-0.15, -0.1) is 5.10 Å². The first kappa shape index (κ1) is 32.4. The van der Waals surface area contributed by atoms with Crippen LogP contribution in [-0.2, 0) is 15.3 Å². The fraction of sp³-hybridized carbons (Fsp3) is 0.438. The number of benzene rings is 2. The Bertz CT molecular complexity index is 1600. The van der Waals surface area contributed by atoms with Gasteiger partial charge in [0.1, 0.15) is 6.04 Å². The number of ketones is 1. The van der Waals surface area contributed by atoms with Crippen LogP contribution in [0.2, 0.25) is 5.02 Å². The van der Waals surface area contributed by atoms with E-state index in [2.05, 4.69) is 35.1 Å². The molecule has 0 radical (unpaired) electrons. The highest BCUT2D eigenvalue weighted by Gasteiger charge is 2.42. The minimum Gasteiger partial charge on any atom is -0.490 e. The molecule has 1 atom stereocenters. The highest BCUT2D eigenvalue weighted by molar-refractivity contribution is 9.10. The highest BCUT2D eigenvalue weighted by atomic mass is 79.9. The van der Waals surface area contributed by atoms with Crippen molar-refractivity contribution in [3.8, 4) is 11.5 Å². The number of carbonyl (C=O) groups is 2. The quantitative estimate of drug-likeness (QED) is 0.208. The van der Waals surface area contributed by atoms with Crippen LogP contribution in [0.1, 0.15) is 64.6 Å². The number of hydrogen-bond donors (Lipinski definition) is 1. The van der Waals surface area contributed by atoms with Gasteiger partial charge in [-0.3, -0.25) is 9.59 Å². The normalized spacial score (nSPS) is 17.1. The summed E-state index contributed by atoms with van der Waals surface area (Å²) in [5.41, 5.74) is 3.12.